The van der Waals surface area contributed by atoms with Crippen LogP contribution in [0.3, 0.4) is 0 Å². The quantitative estimate of drug-likeness (QED) is 0.870. The molecular formula is C13H12BrF2NS. The molecule has 0 saturated heterocycles. The Balaban J connectivity index is 2.48. The molecule has 1 aromatic heterocycles. The lowest BCUT2D eigenvalue weighted by molar-refractivity contribution is 0.544. The van der Waals surface area contributed by atoms with Gasteiger partial charge in [0.25, 0.3) is 0 Å². The predicted molar refractivity (Wildman–Crippen MR) is 73.9 cm³/mol. The van der Waals surface area contributed by atoms with Gasteiger partial charge in [0, 0.05) is 15.4 Å². The van der Waals surface area contributed by atoms with Crippen LogP contribution in [0.4, 0.5) is 8.78 Å². The zero-order valence-electron chi connectivity index (χ0n) is 9.71. The highest BCUT2D eigenvalue weighted by molar-refractivity contribution is 9.10. The van der Waals surface area contributed by atoms with Gasteiger partial charge in [-0.05, 0) is 51.6 Å². The zero-order valence-corrected chi connectivity index (χ0v) is 12.1. The zero-order chi connectivity index (χ0) is 13.1. The normalized spacial score (nSPS) is 12.7. The fourth-order valence-corrected chi connectivity index (χ4v) is 3.38. The first-order valence-electron chi connectivity index (χ1n) is 5.53. The Morgan fingerprint density at radius 3 is 2.67 bits per heavy atom. The van der Waals surface area contributed by atoms with Crippen LogP contribution in [-0.2, 0) is 0 Å². The maximum absolute atomic E-state index is 13.8. The van der Waals surface area contributed by atoms with E-state index in [9.17, 15) is 8.78 Å². The Bertz CT molecular complexity index is 542. The molecule has 0 aliphatic heterocycles. The van der Waals surface area contributed by atoms with Crippen LogP contribution >= 0.6 is 27.3 Å². The Labute approximate surface area is 117 Å². The average Bonchev–Trinajstić information content (AvgIpc) is 2.76. The van der Waals surface area contributed by atoms with E-state index in [0.29, 0.717) is 12.1 Å². The smallest absolute Gasteiger partial charge is 0.128 e. The SMILES string of the molecule is CCNC(c1cc(F)ccc1F)c1cscc1Br. The molecule has 0 aliphatic rings. The van der Waals surface area contributed by atoms with E-state index in [1.807, 2.05) is 17.7 Å². The van der Waals surface area contributed by atoms with Gasteiger partial charge in [-0.2, -0.15) is 11.3 Å². The first kappa shape index (κ1) is 13.6. The summed E-state index contributed by atoms with van der Waals surface area (Å²) in [6.45, 7) is 2.60. The summed E-state index contributed by atoms with van der Waals surface area (Å²) in [5.41, 5.74) is 1.25. The number of halogens is 3. The molecule has 2 rings (SSSR count). The molecule has 96 valence electrons. The van der Waals surface area contributed by atoms with Gasteiger partial charge in [0.2, 0.25) is 0 Å². The molecule has 0 amide bonds. The van der Waals surface area contributed by atoms with Gasteiger partial charge in [-0.15, -0.1) is 0 Å². The molecule has 2 aromatic rings. The lowest BCUT2D eigenvalue weighted by Crippen LogP contribution is -2.23. The van der Waals surface area contributed by atoms with E-state index in [1.54, 1.807) is 0 Å². The largest absolute Gasteiger partial charge is 0.306 e. The molecule has 5 heteroatoms. The van der Waals surface area contributed by atoms with Crippen molar-refractivity contribution in [3.8, 4) is 0 Å². The fourth-order valence-electron chi connectivity index (χ4n) is 1.82. The highest BCUT2D eigenvalue weighted by Gasteiger charge is 2.20. The molecule has 1 nitrogen and oxygen atoms in total. The first-order chi connectivity index (χ1) is 8.63. The van der Waals surface area contributed by atoms with E-state index in [2.05, 4.69) is 21.2 Å². The number of hydrogen-bond acceptors (Lipinski definition) is 2. The minimum absolute atomic E-state index is 0.330. The third kappa shape index (κ3) is 2.79. The number of rotatable bonds is 4. The van der Waals surface area contributed by atoms with Gasteiger partial charge >= 0.3 is 0 Å². The third-order valence-electron chi connectivity index (χ3n) is 2.63. The minimum Gasteiger partial charge on any atom is -0.306 e. The summed E-state index contributed by atoms with van der Waals surface area (Å²) in [4.78, 5) is 0. The second-order valence-corrected chi connectivity index (χ2v) is 5.43. The molecule has 1 atom stereocenters. The van der Waals surface area contributed by atoms with Crippen molar-refractivity contribution < 1.29 is 8.78 Å². The molecule has 1 heterocycles. The summed E-state index contributed by atoms with van der Waals surface area (Å²) < 4.78 is 28.0. The summed E-state index contributed by atoms with van der Waals surface area (Å²) in [5.74, 6) is -0.832. The monoisotopic (exact) mass is 331 g/mol. The van der Waals surface area contributed by atoms with E-state index in [1.165, 1.54) is 17.4 Å². The Morgan fingerprint density at radius 1 is 1.28 bits per heavy atom. The summed E-state index contributed by atoms with van der Waals surface area (Å²) in [6, 6.07) is 3.19. The van der Waals surface area contributed by atoms with Gasteiger partial charge in [-0.25, -0.2) is 8.78 Å². The molecule has 0 radical (unpaired) electrons. The molecule has 0 bridgehead atoms. The molecular weight excluding hydrogens is 320 g/mol. The summed E-state index contributed by atoms with van der Waals surface area (Å²) in [7, 11) is 0. The van der Waals surface area contributed by atoms with Gasteiger partial charge < -0.3 is 5.32 Å². The molecule has 1 aromatic carbocycles. The van der Waals surface area contributed by atoms with Crippen LogP contribution in [0.15, 0.2) is 33.4 Å². The maximum atomic E-state index is 13.8. The van der Waals surface area contributed by atoms with E-state index in [-0.39, 0.29) is 6.04 Å². The van der Waals surface area contributed by atoms with E-state index < -0.39 is 11.6 Å². The second-order valence-electron chi connectivity index (χ2n) is 3.83. The van der Waals surface area contributed by atoms with Crippen LogP contribution < -0.4 is 5.32 Å². The van der Waals surface area contributed by atoms with Crippen molar-refractivity contribution in [1.82, 2.24) is 5.32 Å². The van der Waals surface area contributed by atoms with Crippen molar-refractivity contribution in [2.45, 2.75) is 13.0 Å². The van der Waals surface area contributed by atoms with Crippen molar-refractivity contribution in [1.29, 1.82) is 0 Å². The van der Waals surface area contributed by atoms with Crippen molar-refractivity contribution in [2.75, 3.05) is 6.54 Å². The average molecular weight is 332 g/mol. The number of thiophene rings is 1. The minimum atomic E-state index is -0.430. The molecule has 0 spiro atoms. The standard InChI is InChI=1S/C13H12BrF2NS/c1-2-17-13(10-6-18-7-11(10)14)9-5-8(15)3-4-12(9)16/h3-7,13,17H,2H2,1H3. The fraction of sp³-hybridized carbons (Fsp3) is 0.231. The van der Waals surface area contributed by atoms with Gasteiger partial charge in [-0.1, -0.05) is 6.92 Å². The van der Waals surface area contributed by atoms with Gasteiger partial charge in [0.15, 0.2) is 0 Å². The number of nitrogens with one attached hydrogen (secondary N) is 1. The molecule has 0 fully saturated rings. The van der Waals surface area contributed by atoms with E-state index >= 15 is 0 Å². The maximum Gasteiger partial charge on any atom is 0.128 e. The topological polar surface area (TPSA) is 12.0 Å². The van der Waals surface area contributed by atoms with Gasteiger partial charge in [-0.3, -0.25) is 0 Å². The lowest BCUT2D eigenvalue weighted by Gasteiger charge is -2.19. The molecule has 1 unspecified atom stereocenters. The van der Waals surface area contributed by atoms with E-state index in [0.717, 1.165) is 22.2 Å². The number of benzene rings is 1. The molecule has 0 aliphatic carbocycles. The molecule has 1 N–H and O–H groups in total. The molecule has 18 heavy (non-hydrogen) atoms. The van der Waals surface area contributed by atoms with Crippen molar-refractivity contribution in [3.05, 3.63) is 56.2 Å². The Kier molecular flexibility index (Phi) is 4.48. The van der Waals surface area contributed by atoms with Crippen molar-refractivity contribution in [3.63, 3.8) is 0 Å². The molecule has 0 saturated carbocycles. The van der Waals surface area contributed by atoms with Crippen LogP contribution in [0, 0.1) is 11.6 Å². The van der Waals surface area contributed by atoms with Crippen LogP contribution in [0.1, 0.15) is 24.1 Å². The van der Waals surface area contributed by atoms with Gasteiger partial charge in [0.1, 0.15) is 11.6 Å². The van der Waals surface area contributed by atoms with Crippen molar-refractivity contribution in [2.24, 2.45) is 0 Å². The van der Waals surface area contributed by atoms with Crippen LogP contribution in [0.25, 0.3) is 0 Å². The van der Waals surface area contributed by atoms with Gasteiger partial charge in [0.05, 0.1) is 6.04 Å². The summed E-state index contributed by atoms with van der Waals surface area (Å²) >= 11 is 4.95. The Morgan fingerprint density at radius 2 is 2.06 bits per heavy atom. The summed E-state index contributed by atoms with van der Waals surface area (Å²) in [6.07, 6.45) is 0. The predicted octanol–water partition coefficient (Wildman–Crippen LogP) is 4.49. The van der Waals surface area contributed by atoms with Crippen LogP contribution in [-0.4, -0.2) is 6.54 Å². The van der Waals surface area contributed by atoms with E-state index in [4.69, 9.17) is 0 Å². The third-order valence-corrected chi connectivity index (χ3v) is 4.38. The highest BCUT2D eigenvalue weighted by atomic mass is 79.9. The van der Waals surface area contributed by atoms with Crippen LogP contribution in [0.5, 0.6) is 0 Å². The van der Waals surface area contributed by atoms with Crippen LogP contribution in [0.2, 0.25) is 0 Å². The highest BCUT2D eigenvalue weighted by Crippen LogP contribution is 2.32. The second kappa shape index (κ2) is 5.91. The summed E-state index contributed by atoms with van der Waals surface area (Å²) in [5, 5.41) is 7.04. The van der Waals surface area contributed by atoms with Crippen molar-refractivity contribution >= 4 is 27.3 Å². The lowest BCUT2D eigenvalue weighted by atomic mass is 10.0. The first-order valence-corrected chi connectivity index (χ1v) is 7.27. The Hall–Kier alpha value is -0.780. The number of hydrogen-bond donors (Lipinski definition) is 1.